The first-order chi connectivity index (χ1) is 12.1. The van der Waals surface area contributed by atoms with Crippen molar-refractivity contribution in [1.82, 2.24) is 14.5 Å². The largest absolute Gasteiger partial charge is 0.383 e. The monoisotopic (exact) mass is 381 g/mol. The molecule has 25 heavy (non-hydrogen) atoms. The van der Waals surface area contributed by atoms with E-state index in [1.54, 1.807) is 7.11 Å². The van der Waals surface area contributed by atoms with Crippen molar-refractivity contribution in [3.05, 3.63) is 23.2 Å². The molecule has 136 valence electrons. The van der Waals surface area contributed by atoms with Gasteiger partial charge >= 0.3 is 0 Å². The van der Waals surface area contributed by atoms with Crippen LogP contribution in [-0.2, 0) is 16.1 Å². The Kier molecular flexibility index (Phi) is 6.25. The van der Waals surface area contributed by atoms with E-state index in [0.29, 0.717) is 30.0 Å². The molecule has 7 heteroatoms. The van der Waals surface area contributed by atoms with E-state index in [4.69, 9.17) is 16.3 Å². The van der Waals surface area contributed by atoms with Gasteiger partial charge < -0.3 is 14.2 Å². The molecule has 2 heterocycles. The van der Waals surface area contributed by atoms with Crippen LogP contribution in [0.1, 0.15) is 26.2 Å². The van der Waals surface area contributed by atoms with Crippen LogP contribution in [0.15, 0.2) is 23.4 Å². The van der Waals surface area contributed by atoms with Gasteiger partial charge in [0.15, 0.2) is 5.16 Å². The lowest BCUT2D eigenvalue weighted by Gasteiger charge is -2.33. The van der Waals surface area contributed by atoms with Crippen molar-refractivity contribution >= 4 is 40.3 Å². The summed E-state index contributed by atoms with van der Waals surface area (Å²) in [7, 11) is 1.68. The molecule has 5 nitrogen and oxygen atoms in total. The molecular formula is C18H24ClN3O2S. The van der Waals surface area contributed by atoms with Crippen molar-refractivity contribution in [3.63, 3.8) is 0 Å². The van der Waals surface area contributed by atoms with Crippen LogP contribution in [0.5, 0.6) is 0 Å². The minimum Gasteiger partial charge on any atom is -0.383 e. The number of hydrogen-bond acceptors (Lipinski definition) is 4. The summed E-state index contributed by atoms with van der Waals surface area (Å²) in [4.78, 5) is 19.3. The number of likely N-dealkylation sites (tertiary alicyclic amines) is 1. The highest BCUT2D eigenvalue weighted by Gasteiger charge is 2.23. The lowest BCUT2D eigenvalue weighted by Crippen LogP contribution is -2.43. The predicted octanol–water partition coefficient (Wildman–Crippen LogP) is 3.83. The van der Waals surface area contributed by atoms with Crippen LogP contribution in [0, 0.1) is 0 Å². The van der Waals surface area contributed by atoms with E-state index in [1.165, 1.54) is 18.2 Å². The fourth-order valence-corrected chi connectivity index (χ4v) is 4.36. The molecule has 1 atom stereocenters. The molecule has 1 aliphatic heterocycles. The molecule has 1 unspecified atom stereocenters. The second-order valence-electron chi connectivity index (χ2n) is 6.39. The Morgan fingerprint density at radius 1 is 1.44 bits per heavy atom. The summed E-state index contributed by atoms with van der Waals surface area (Å²) in [6, 6.07) is 6.04. The second-order valence-corrected chi connectivity index (χ2v) is 7.77. The van der Waals surface area contributed by atoms with Crippen molar-refractivity contribution in [3.8, 4) is 0 Å². The zero-order valence-electron chi connectivity index (χ0n) is 14.7. The van der Waals surface area contributed by atoms with Crippen LogP contribution in [-0.4, -0.2) is 52.4 Å². The lowest BCUT2D eigenvalue weighted by molar-refractivity contribution is -0.131. The van der Waals surface area contributed by atoms with Crippen LogP contribution < -0.4 is 0 Å². The fourth-order valence-electron chi connectivity index (χ4n) is 3.27. The Morgan fingerprint density at radius 3 is 3.04 bits per heavy atom. The normalized spacial score (nSPS) is 18.0. The number of carbonyl (C=O) groups is 1. The lowest BCUT2D eigenvalue weighted by atomic mass is 10.0. The molecule has 0 radical (unpaired) electrons. The van der Waals surface area contributed by atoms with Gasteiger partial charge in [-0.25, -0.2) is 4.98 Å². The molecule has 1 aromatic heterocycles. The van der Waals surface area contributed by atoms with Gasteiger partial charge in [-0.2, -0.15) is 0 Å². The van der Waals surface area contributed by atoms with Crippen molar-refractivity contribution in [2.75, 3.05) is 26.0 Å². The van der Waals surface area contributed by atoms with Crippen molar-refractivity contribution < 1.29 is 9.53 Å². The number of thioether (sulfide) groups is 1. The van der Waals surface area contributed by atoms with Crippen molar-refractivity contribution in [2.24, 2.45) is 0 Å². The summed E-state index contributed by atoms with van der Waals surface area (Å²) >= 11 is 7.58. The maximum absolute atomic E-state index is 12.6. The SMILES string of the molecule is COCCn1c(SCC(=O)N2CCCCC2C)nc2cc(Cl)ccc21. The zero-order valence-corrected chi connectivity index (χ0v) is 16.3. The van der Waals surface area contributed by atoms with Crippen LogP contribution in [0.25, 0.3) is 11.0 Å². The van der Waals surface area contributed by atoms with E-state index in [-0.39, 0.29) is 5.91 Å². The topological polar surface area (TPSA) is 47.4 Å². The molecule has 0 bridgehead atoms. The summed E-state index contributed by atoms with van der Waals surface area (Å²) in [6.45, 7) is 4.30. The van der Waals surface area contributed by atoms with Crippen LogP contribution in [0.2, 0.25) is 5.02 Å². The maximum atomic E-state index is 12.6. The van der Waals surface area contributed by atoms with Gasteiger partial charge in [-0.05, 0) is 44.4 Å². The third-order valence-electron chi connectivity index (χ3n) is 4.64. The van der Waals surface area contributed by atoms with E-state index >= 15 is 0 Å². The number of nitrogens with zero attached hydrogens (tertiary/aromatic N) is 3. The molecule has 1 saturated heterocycles. The van der Waals surface area contributed by atoms with Gasteiger partial charge in [-0.3, -0.25) is 4.79 Å². The summed E-state index contributed by atoms with van der Waals surface area (Å²) in [5.74, 6) is 0.606. The molecule has 0 aliphatic carbocycles. The van der Waals surface area contributed by atoms with E-state index in [9.17, 15) is 4.79 Å². The number of piperidine rings is 1. The average molecular weight is 382 g/mol. The van der Waals surface area contributed by atoms with Gasteiger partial charge in [0, 0.05) is 31.3 Å². The predicted molar refractivity (Wildman–Crippen MR) is 102 cm³/mol. The van der Waals surface area contributed by atoms with E-state index in [1.807, 2.05) is 23.1 Å². The molecule has 3 rings (SSSR count). The van der Waals surface area contributed by atoms with Crippen LogP contribution in [0.4, 0.5) is 0 Å². The number of imidazole rings is 1. The summed E-state index contributed by atoms with van der Waals surface area (Å²) in [5.41, 5.74) is 1.87. The minimum atomic E-state index is 0.195. The molecule has 1 amide bonds. The van der Waals surface area contributed by atoms with Gasteiger partial charge in [0.1, 0.15) is 0 Å². The molecule has 1 aromatic carbocycles. The van der Waals surface area contributed by atoms with Gasteiger partial charge in [0.2, 0.25) is 5.91 Å². The summed E-state index contributed by atoms with van der Waals surface area (Å²) in [6.07, 6.45) is 3.42. The number of ether oxygens (including phenoxy) is 1. The number of rotatable bonds is 6. The number of aromatic nitrogens is 2. The Labute approximate surface area is 157 Å². The molecule has 1 aliphatic rings. The second kappa shape index (κ2) is 8.43. The highest BCUT2D eigenvalue weighted by molar-refractivity contribution is 7.99. The Bertz CT molecular complexity index is 749. The number of fused-ring (bicyclic) bond motifs is 1. The number of amides is 1. The third-order valence-corrected chi connectivity index (χ3v) is 5.84. The summed E-state index contributed by atoms with van der Waals surface area (Å²) in [5, 5.41) is 1.51. The Balaban J connectivity index is 1.76. The number of halogens is 1. The molecule has 0 N–H and O–H groups in total. The quantitative estimate of drug-likeness (QED) is 0.713. The number of hydrogen-bond donors (Lipinski definition) is 0. The van der Waals surface area contributed by atoms with Gasteiger partial charge in [-0.1, -0.05) is 23.4 Å². The molecule has 0 saturated carbocycles. The minimum absolute atomic E-state index is 0.195. The van der Waals surface area contributed by atoms with Crippen molar-refractivity contribution in [1.29, 1.82) is 0 Å². The average Bonchev–Trinajstić information content (AvgIpc) is 2.94. The number of methoxy groups -OCH3 is 1. The van der Waals surface area contributed by atoms with Crippen molar-refractivity contribution in [2.45, 2.75) is 43.9 Å². The van der Waals surface area contributed by atoms with Gasteiger partial charge in [-0.15, -0.1) is 0 Å². The van der Waals surface area contributed by atoms with E-state index in [0.717, 1.165) is 35.6 Å². The Morgan fingerprint density at radius 2 is 2.28 bits per heavy atom. The smallest absolute Gasteiger partial charge is 0.233 e. The van der Waals surface area contributed by atoms with Crippen LogP contribution in [0.3, 0.4) is 0 Å². The van der Waals surface area contributed by atoms with Gasteiger partial charge in [0.05, 0.1) is 23.4 Å². The van der Waals surface area contributed by atoms with Gasteiger partial charge in [0.25, 0.3) is 0 Å². The van der Waals surface area contributed by atoms with E-state index < -0.39 is 0 Å². The molecular weight excluding hydrogens is 358 g/mol. The number of benzene rings is 1. The molecule has 0 spiro atoms. The first-order valence-electron chi connectivity index (χ1n) is 8.67. The maximum Gasteiger partial charge on any atom is 0.233 e. The molecule has 2 aromatic rings. The standard InChI is InChI=1S/C18H24ClN3O2S/c1-13-5-3-4-8-21(13)17(23)12-25-18-20-15-11-14(19)6-7-16(15)22(18)9-10-24-2/h6-7,11,13H,3-5,8-10,12H2,1-2H3. The first-order valence-corrected chi connectivity index (χ1v) is 10.0. The fraction of sp³-hybridized carbons (Fsp3) is 0.556. The van der Waals surface area contributed by atoms with E-state index in [2.05, 4.69) is 16.5 Å². The molecule has 1 fully saturated rings. The highest BCUT2D eigenvalue weighted by Crippen LogP contribution is 2.27. The number of carbonyl (C=O) groups excluding carboxylic acids is 1. The first kappa shape index (κ1) is 18.5. The zero-order chi connectivity index (χ0) is 17.8. The highest BCUT2D eigenvalue weighted by atomic mass is 35.5. The van der Waals surface area contributed by atoms with Crippen LogP contribution >= 0.6 is 23.4 Å². The third kappa shape index (κ3) is 4.30. The Hall–Kier alpha value is -1.24. The summed E-state index contributed by atoms with van der Waals surface area (Å²) < 4.78 is 7.32.